The van der Waals surface area contributed by atoms with Gasteiger partial charge in [0.2, 0.25) is 5.91 Å². The van der Waals surface area contributed by atoms with Gasteiger partial charge in [-0.2, -0.15) is 0 Å². The van der Waals surface area contributed by atoms with Gasteiger partial charge in [-0.1, -0.05) is 0 Å². The van der Waals surface area contributed by atoms with E-state index < -0.39 is 11.5 Å². The normalized spacial score (nSPS) is 14.6. The Kier molecular flexibility index (Phi) is 4.56. The third-order valence-corrected chi connectivity index (χ3v) is 4.29. The van der Waals surface area contributed by atoms with Crippen molar-refractivity contribution in [1.82, 2.24) is 14.8 Å². The lowest BCUT2D eigenvalue weighted by Gasteiger charge is -2.31. The second kappa shape index (κ2) is 6.80. The Labute approximate surface area is 144 Å². The molecule has 3 rings (SSSR count). The monoisotopic (exact) mass is 341 g/mol. The summed E-state index contributed by atoms with van der Waals surface area (Å²) in [6, 6.07) is 10.4. The highest BCUT2D eigenvalue weighted by molar-refractivity contribution is 5.97. The van der Waals surface area contributed by atoms with Gasteiger partial charge in [0.1, 0.15) is 17.9 Å². The Morgan fingerprint density at radius 1 is 1.08 bits per heavy atom. The first kappa shape index (κ1) is 16.8. The fourth-order valence-electron chi connectivity index (χ4n) is 2.68. The minimum absolute atomic E-state index is 0.00496. The van der Waals surface area contributed by atoms with Gasteiger partial charge in [-0.05, 0) is 42.0 Å². The maximum atomic E-state index is 12.5. The molecule has 1 aromatic heterocycles. The molecule has 1 aliphatic rings. The number of carbonyl (C=O) groups excluding carboxylic acids is 2. The first-order chi connectivity index (χ1) is 12.0. The van der Waals surface area contributed by atoms with Gasteiger partial charge in [-0.15, -0.1) is 0 Å². The Morgan fingerprint density at radius 3 is 2.40 bits per heavy atom. The van der Waals surface area contributed by atoms with Gasteiger partial charge in [-0.3, -0.25) is 14.4 Å². The van der Waals surface area contributed by atoms with E-state index in [1.54, 1.807) is 37.3 Å². The van der Waals surface area contributed by atoms with Crippen LogP contribution in [0.5, 0.6) is 5.75 Å². The van der Waals surface area contributed by atoms with Crippen LogP contribution in [-0.2, 0) is 4.79 Å². The van der Waals surface area contributed by atoms with Crippen LogP contribution in [0.2, 0.25) is 0 Å². The average molecular weight is 341 g/mol. The van der Waals surface area contributed by atoms with Crippen LogP contribution in [0.4, 0.5) is 0 Å². The number of carbonyl (C=O) groups is 2. The maximum absolute atomic E-state index is 12.5. The number of H-pyrrole nitrogens is 1. The van der Waals surface area contributed by atoms with E-state index in [1.165, 1.54) is 11.0 Å². The number of nitrogens with zero attached hydrogens (tertiary/aromatic N) is 2. The maximum Gasteiger partial charge on any atom is 0.261 e. The average Bonchev–Trinajstić information content (AvgIpc) is 2.63. The molecule has 0 aliphatic carbocycles. The van der Waals surface area contributed by atoms with Gasteiger partial charge >= 0.3 is 0 Å². The van der Waals surface area contributed by atoms with E-state index in [2.05, 4.69) is 4.98 Å². The first-order valence-electron chi connectivity index (χ1n) is 7.90. The molecule has 25 heavy (non-hydrogen) atoms. The number of piperazine rings is 1. The molecular weight excluding hydrogens is 322 g/mol. The van der Waals surface area contributed by atoms with Crippen LogP contribution in [0, 0.1) is 0 Å². The number of aromatic nitrogens is 1. The highest BCUT2D eigenvalue weighted by Crippen LogP contribution is 2.20. The van der Waals surface area contributed by atoms with E-state index in [1.807, 2.05) is 12.1 Å². The largest absolute Gasteiger partial charge is 0.497 e. The number of nitrogens with one attached hydrogen (secondary N) is 1. The zero-order valence-electron chi connectivity index (χ0n) is 14.1. The highest BCUT2D eigenvalue weighted by atomic mass is 16.5. The molecule has 0 spiro atoms. The third-order valence-electron chi connectivity index (χ3n) is 4.29. The Hall–Kier alpha value is -3.09. The summed E-state index contributed by atoms with van der Waals surface area (Å²) in [5.74, 6) is 0.160. The summed E-state index contributed by atoms with van der Waals surface area (Å²) >= 11 is 0. The number of methoxy groups -OCH3 is 1. The van der Waals surface area contributed by atoms with Gasteiger partial charge in [-0.25, -0.2) is 0 Å². The van der Waals surface area contributed by atoms with Crippen molar-refractivity contribution in [3.8, 4) is 17.0 Å². The van der Waals surface area contributed by atoms with Gasteiger partial charge < -0.3 is 19.5 Å². The lowest BCUT2D eigenvalue weighted by Crippen LogP contribution is -2.51. The van der Waals surface area contributed by atoms with Gasteiger partial charge in [0.25, 0.3) is 11.5 Å². The highest BCUT2D eigenvalue weighted by Gasteiger charge is 2.27. The number of rotatable bonds is 3. The van der Waals surface area contributed by atoms with E-state index in [9.17, 15) is 14.4 Å². The molecule has 1 aromatic carbocycles. The molecule has 2 aromatic rings. The van der Waals surface area contributed by atoms with Crippen LogP contribution in [-0.4, -0.2) is 60.4 Å². The van der Waals surface area contributed by atoms with Crippen molar-refractivity contribution in [3.63, 3.8) is 0 Å². The summed E-state index contributed by atoms with van der Waals surface area (Å²) < 4.78 is 5.11. The second-order valence-corrected chi connectivity index (χ2v) is 5.89. The van der Waals surface area contributed by atoms with Crippen molar-refractivity contribution in [2.24, 2.45) is 0 Å². The quantitative estimate of drug-likeness (QED) is 0.902. The Balaban J connectivity index is 1.83. The molecule has 0 radical (unpaired) electrons. The summed E-state index contributed by atoms with van der Waals surface area (Å²) in [7, 11) is 3.28. The standard InChI is InChI=1S/C18H19N3O4/c1-20-9-10-21(11-16(20)22)18(24)14-7-8-15(19-17(14)23)12-3-5-13(25-2)6-4-12/h3-8H,9-11H2,1-2H3,(H,19,23). The molecule has 0 saturated carbocycles. The van der Waals surface area contributed by atoms with Crippen LogP contribution in [0.3, 0.4) is 0 Å². The fraction of sp³-hybridized carbons (Fsp3) is 0.278. The molecule has 0 bridgehead atoms. The van der Waals surface area contributed by atoms with Crippen LogP contribution >= 0.6 is 0 Å². The topological polar surface area (TPSA) is 82.7 Å². The summed E-state index contributed by atoms with van der Waals surface area (Å²) in [5, 5.41) is 0. The lowest BCUT2D eigenvalue weighted by atomic mass is 10.1. The molecule has 1 aliphatic heterocycles. The van der Waals surface area contributed by atoms with Crippen molar-refractivity contribution >= 4 is 11.8 Å². The molecule has 1 N–H and O–H groups in total. The zero-order valence-corrected chi connectivity index (χ0v) is 14.1. The van der Waals surface area contributed by atoms with E-state index in [-0.39, 0.29) is 18.0 Å². The predicted molar refractivity (Wildman–Crippen MR) is 92.6 cm³/mol. The third kappa shape index (κ3) is 3.40. The fourth-order valence-corrected chi connectivity index (χ4v) is 2.68. The van der Waals surface area contributed by atoms with Crippen LogP contribution in [0.15, 0.2) is 41.2 Å². The molecule has 7 nitrogen and oxygen atoms in total. The van der Waals surface area contributed by atoms with E-state index in [0.717, 1.165) is 11.3 Å². The van der Waals surface area contributed by atoms with Crippen molar-refractivity contribution < 1.29 is 14.3 Å². The second-order valence-electron chi connectivity index (χ2n) is 5.89. The van der Waals surface area contributed by atoms with Crippen LogP contribution < -0.4 is 10.3 Å². The van der Waals surface area contributed by atoms with Crippen molar-refractivity contribution in [3.05, 3.63) is 52.3 Å². The summed E-state index contributed by atoms with van der Waals surface area (Å²) in [5.41, 5.74) is 0.990. The number of pyridine rings is 1. The number of aromatic amines is 1. The predicted octanol–water partition coefficient (Wildman–Crippen LogP) is 0.965. The first-order valence-corrected chi connectivity index (χ1v) is 7.90. The number of benzene rings is 1. The molecule has 0 atom stereocenters. The van der Waals surface area contributed by atoms with Crippen LogP contribution in [0.25, 0.3) is 11.3 Å². The zero-order chi connectivity index (χ0) is 18.0. The smallest absolute Gasteiger partial charge is 0.261 e. The molecule has 130 valence electrons. The van der Waals surface area contributed by atoms with E-state index in [4.69, 9.17) is 4.74 Å². The van der Waals surface area contributed by atoms with Gasteiger partial charge in [0.15, 0.2) is 0 Å². The Morgan fingerprint density at radius 2 is 1.80 bits per heavy atom. The SMILES string of the molecule is COc1ccc(-c2ccc(C(=O)N3CCN(C)C(=O)C3)c(=O)[nH]2)cc1. The number of ether oxygens (including phenoxy) is 1. The molecule has 7 heteroatoms. The molecule has 2 heterocycles. The molecule has 2 amide bonds. The van der Waals surface area contributed by atoms with Crippen molar-refractivity contribution in [1.29, 1.82) is 0 Å². The van der Waals surface area contributed by atoms with E-state index in [0.29, 0.717) is 18.8 Å². The molecule has 1 fully saturated rings. The number of hydrogen-bond donors (Lipinski definition) is 1. The lowest BCUT2D eigenvalue weighted by molar-refractivity contribution is -0.133. The minimum Gasteiger partial charge on any atom is -0.497 e. The van der Waals surface area contributed by atoms with Crippen molar-refractivity contribution in [2.75, 3.05) is 33.8 Å². The molecular formula is C18H19N3O4. The number of hydrogen-bond acceptors (Lipinski definition) is 4. The Bertz CT molecular complexity index is 857. The summed E-state index contributed by atoms with van der Waals surface area (Å²) in [4.78, 5) is 42.3. The van der Waals surface area contributed by atoms with Gasteiger partial charge in [0.05, 0.1) is 7.11 Å². The summed E-state index contributed by atoms with van der Waals surface area (Å²) in [6.45, 7) is 0.877. The molecule has 1 saturated heterocycles. The van der Waals surface area contributed by atoms with Gasteiger partial charge in [0, 0.05) is 25.8 Å². The van der Waals surface area contributed by atoms with Crippen LogP contribution in [0.1, 0.15) is 10.4 Å². The minimum atomic E-state index is -0.468. The molecule has 0 unspecified atom stereocenters. The van der Waals surface area contributed by atoms with Crippen molar-refractivity contribution in [2.45, 2.75) is 0 Å². The summed E-state index contributed by atoms with van der Waals surface area (Å²) in [6.07, 6.45) is 0. The van der Waals surface area contributed by atoms with E-state index >= 15 is 0 Å². The number of likely N-dealkylation sites (N-methyl/N-ethyl adjacent to an activating group) is 1. The number of amides is 2.